The van der Waals surface area contributed by atoms with Crippen LogP contribution in [-0.4, -0.2) is 106 Å². The second kappa shape index (κ2) is 15.7. The molecule has 0 aromatic heterocycles. The van der Waals surface area contributed by atoms with Crippen LogP contribution in [-0.2, 0) is 54.5 Å². The van der Waals surface area contributed by atoms with Crippen molar-refractivity contribution in [2.75, 3.05) is 0 Å². The van der Waals surface area contributed by atoms with Gasteiger partial charge in [0, 0.05) is 0 Å². The van der Waals surface area contributed by atoms with E-state index < -0.39 is 89.5 Å². The molecule has 1 aliphatic carbocycles. The van der Waals surface area contributed by atoms with Gasteiger partial charge >= 0.3 is 52.9 Å². The summed E-state index contributed by atoms with van der Waals surface area (Å²) in [6.07, 6.45) is -18.9. The van der Waals surface area contributed by atoms with Crippen molar-refractivity contribution < 1.29 is 123 Å². The Morgan fingerprint density at radius 1 is 0.422 bits per heavy atom. The number of benzene rings is 1. The van der Waals surface area contributed by atoms with E-state index in [1.807, 2.05) is 0 Å². The van der Waals surface area contributed by atoms with E-state index in [0.717, 1.165) is 0 Å². The van der Waals surface area contributed by atoms with Crippen molar-refractivity contribution in [1.29, 1.82) is 0 Å². The van der Waals surface area contributed by atoms with Crippen LogP contribution < -0.4 is 0 Å². The maximum atomic E-state index is 11.4. The summed E-state index contributed by atoms with van der Waals surface area (Å²) in [7, 11) is -36.1. The number of hydrogen-bond acceptors (Lipinski definition) is 13. The molecule has 1 aliphatic rings. The molecule has 0 spiro atoms. The van der Waals surface area contributed by atoms with Gasteiger partial charge in [-0.1, -0.05) is 18.2 Å². The van der Waals surface area contributed by atoms with Gasteiger partial charge in [-0.3, -0.25) is 27.1 Å². The molecule has 0 unspecified atom stereocenters. The molecular formula is C13H24O26P6. The van der Waals surface area contributed by atoms with Crippen molar-refractivity contribution in [3.63, 3.8) is 0 Å². The highest BCUT2D eigenvalue weighted by atomic mass is 31.2. The van der Waals surface area contributed by atoms with Gasteiger partial charge in [0.25, 0.3) is 0 Å². The first-order chi connectivity index (χ1) is 19.9. The largest absolute Gasteiger partial charge is 0.478 e. The summed E-state index contributed by atoms with van der Waals surface area (Å²) in [5.41, 5.74) is 0.331. The lowest BCUT2D eigenvalue weighted by molar-refractivity contribution is -0.202. The van der Waals surface area contributed by atoms with Crippen LogP contribution in [0.2, 0.25) is 0 Å². The number of aromatic carboxylic acids is 1. The molecule has 1 aromatic carbocycles. The highest BCUT2D eigenvalue weighted by Crippen LogP contribution is 2.57. The Labute approximate surface area is 248 Å². The second-order valence-corrected chi connectivity index (χ2v) is 15.2. The number of carboxylic acid groups (broad SMARTS) is 1. The van der Waals surface area contributed by atoms with Crippen molar-refractivity contribution >= 4 is 52.9 Å². The fourth-order valence-corrected chi connectivity index (χ4v) is 6.72. The molecule has 45 heavy (non-hydrogen) atoms. The molecule has 0 atom stereocenters. The summed E-state index contributed by atoms with van der Waals surface area (Å²) in [5.74, 6) is -0.879. The Bertz CT molecular complexity index is 1200. The summed E-state index contributed by atoms with van der Waals surface area (Å²) < 4.78 is 93.1. The predicted octanol–water partition coefficient (Wildman–Crippen LogP) is -1.75. The zero-order valence-electron chi connectivity index (χ0n) is 21.2. The molecule has 2 rings (SSSR count). The lowest BCUT2D eigenvalue weighted by Crippen LogP contribution is -2.66. The number of phosphoric acid groups is 6. The first kappa shape index (κ1) is 42.4. The zero-order chi connectivity index (χ0) is 35.4. The van der Waals surface area contributed by atoms with Gasteiger partial charge in [0.05, 0.1) is 5.56 Å². The predicted molar refractivity (Wildman–Crippen MR) is 135 cm³/mol. The van der Waals surface area contributed by atoms with Gasteiger partial charge < -0.3 is 63.8 Å². The summed E-state index contributed by atoms with van der Waals surface area (Å²) >= 11 is 0. The van der Waals surface area contributed by atoms with Gasteiger partial charge in [-0.2, -0.15) is 0 Å². The average molecular weight is 782 g/mol. The maximum absolute atomic E-state index is 11.4. The maximum Gasteiger partial charge on any atom is 0.470 e. The summed E-state index contributed by atoms with van der Waals surface area (Å²) in [6, 6.07) is 8.30. The van der Waals surface area contributed by atoms with Crippen molar-refractivity contribution in [1.82, 2.24) is 0 Å². The Morgan fingerprint density at radius 3 is 0.711 bits per heavy atom. The Balaban J connectivity index is 0.000000956. The fourth-order valence-electron chi connectivity index (χ4n) is 3.37. The number of hydrogen-bond donors (Lipinski definition) is 13. The summed E-state index contributed by atoms with van der Waals surface area (Å²) in [4.78, 5) is 120. The molecule has 0 heterocycles. The van der Waals surface area contributed by atoms with Gasteiger partial charge in [-0.05, 0) is 12.1 Å². The van der Waals surface area contributed by atoms with Crippen LogP contribution in [0.25, 0.3) is 0 Å². The lowest BCUT2D eigenvalue weighted by Gasteiger charge is -2.48. The highest BCUT2D eigenvalue weighted by molar-refractivity contribution is 7.47. The van der Waals surface area contributed by atoms with E-state index in [2.05, 4.69) is 27.1 Å². The standard InChI is InChI=1S/C7H6O2.C6H18O24P6/c8-7(9)6-4-2-1-3-5-6;7-31(8,9)25-1-2(26-32(10,11)12)4(28-34(16,17)18)6(30-36(22,23)24)5(29-35(19,20)21)3(1)27-33(13,14)15/h1-5H,(H,8,9);1-6H,(H2,7,8,9)(H2,10,11,12)(H2,13,14,15)(H2,16,17,18)(H2,19,20,21)(H2,22,23,24)/t;1-,2-,3-,4+,5-,6-. The van der Waals surface area contributed by atoms with Gasteiger partial charge in [-0.25, -0.2) is 32.2 Å². The Morgan fingerprint density at radius 2 is 0.600 bits per heavy atom. The van der Waals surface area contributed by atoms with Gasteiger partial charge in [0.15, 0.2) is 0 Å². The van der Waals surface area contributed by atoms with E-state index >= 15 is 0 Å². The van der Waals surface area contributed by atoms with Crippen LogP contribution in [0.15, 0.2) is 30.3 Å². The van der Waals surface area contributed by atoms with Crippen LogP contribution in [0.5, 0.6) is 0 Å². The molecule has 1 saturated carbocycles. The van der Waals surface area contributed by atoms with E-state index in [9.17, 15) is 32.2 Å². The van der Waals surface area contributed by atoms with Crippen LogP contribution >= 0.6 is 46.9 Å². The number of rotatable bonds is 13. The molecule has 0 radical (unpaired) electrons. The third-order valence-corrected chi connectivity index (χ3v) is 7.63. The second-order valence-electron chi connectivity index (χ2n) is 8.03. The monoisotopic (exact) mass is 782 g/mol. The molecule has 13 N–H and O–H groups in total. The first-order valence-corrected chi connectivity index (χ1v) is 19.8. The summed E-state index contributed by atoms with van der Waals surface area (Å²) in [5, 5.41) is 8.38. The Hall–Kier alpha value is -0.650. The lowest BCUT2D eigenvalue weighted by atomic mass is 9.85. The van der Waals surface area contributed by atoms with Crippen molar-refractivity contribution in [3.05, 3.63) is 35.9 Å². The number of carboxylic acids is 1. The van der Waals surface area contributed by atoms with E-state index in [4.69, 9.17) is 63.8 Å². The SMILES string of the molecule is O=C(O)c1ccccc1.O=P(O)(O)O[C@H]1[C@H](OP(=O)(O)O)[C@@H](OP(=O)(O)O)[C@H](OP(=O)(O)O)[C@@H](OP(=O)(O)O)[C@H]1OP(=O)(O)O. The van der Waals surface area contributed by atoms with Crippen molar-refractivity contribution in [2.24, 2.45) is 0 Å². The zero-order valence-corrected chi connectivity index (χ0v) is 26.5. The molecule has 0 saturated heterocycles. The molecular weight excluding hydrogens is 758 g/mol. The molecule has 1 aromatic rings. The van der Waals surface area contributed by atoms with E-state index in [1.54, 1.807) is 30.3 Å². The number of carbonyl (C=O) groups is 1. The van der Waals surface area contributed by atoms with E-state index in [0.29, 0.717) is 5.56 Å². The molecule has 0 amide bonds. The van der Waals surface area contributed by atoms with Crippen LogP contribution in [0, 0.1) is 0 Å². The third kappa shape index (κ3) is 17.4. The smallest absolute Gasteiger partial charge is 0.470 e. The normalized spacial score (nSPS) is 25.2. The van der Waals surface area contributed by atoms with Gasteiger partial charge in [-0.15, -0.1) is 0 Å². The highest BCUT2D eigenvalue weighted by Gasteiger charge is 2.62. The third-order valence-electron chi connectivity index (χ3n) is 4.52. The minimum Gasteiger partial charge on any atom is -0.478 e. The average Bonchev–Trinajstić information content (AvgIpc) is 2.77. The van der Waals surface area contributed by atoms with Gasteiger partial charge in [0.2, 0.25) is 0 Å². The molecule has 26 nitrogen and oxygen atoms in total. The van der Waals surface area contributed by atoms with E-state index in [1.165, 1.54) is 0 Å². The molecule has 0 bridgehead atoms. The van der Waals surface area contributed by atoms with Crippen LogP contribution in [0.4, 0.5) is 0 Å². The van der Waals surface area contributed by atoms with Crippen LogP contribution in [0.3, 0.4) is 0 Å². The quantitative estimate of drug-likeness (QED) is 0.0987. The van der Waals surface area contributed by atoms with Crippen molar-refractivity contribution in [2.45, 2.75) is 36.6 Å². The topological polar surface area (TPSA) is 438 Å². The molecule has 1 fully saturated rings. The molecule has 0 aliphatic heterocycles. The fraction of sp³-hybridized carbons (Fsp3) is 0.462. The van der Waals surface area contributed by atoms with Gasteiger partial charge in [0.1, 0.15) is 36.6 Å². The minimum absolute atomic E-state index is 0.331. The first-order valence-electron chi connectivity index (χ1n) is 10.6. The Kier molecular flexibility index (Phi) is 14.8. The molecule has 32 heteroatoms. The van der Waals surface area contributed by atoms with E-state index in [-0.39, 0.29) is 0 Å². The van der Waals surface area contributed by atoms with Crippen LogP contribution in [0.1, 0.15) is 10.4 Å². The minimum atomic E-state index is -6.02. The number of phosphoric ester groups is 6. The summed E-state index contributed by atoms with van der Waals surface area (Å²) in [6.45, 7) is 0. The molecule has 262 valence electrons. The van der Waals surface area contributed by atoms with Crippen molar-refractivity contribution in [3.8, 4) is 0 Å².